The van der Waals surface area contributed by atoms with E-state index in [0.29, 0.717) is 19.6 Å². The van der Waals surface area contributed by atoms with Crippen LogP contribution in [-0.4, -0.2) is 24.7 Å². The lowest BCUT2D eigenvalue weighted by atomic mass is 10.1. The number of oxime groups is 1. The van der Waals surface area contributed by atoms with E-state index in [1.807, 2.05) is 12.1 Å². The predicted octanol–water partition coefficient (Wildman–Crippen LogP) is 1.06. The van der Waals surface area contributed by atoms with Gasteiger partial charge in [-0.1, -0.05) is 29.4 Å². The van der Waals surface area contributed by atoms with Crippen LogP contribution in [0.2, 0.25) is 0 Å². The number of hydrogen-bond acceptors (Lipinski definition) is 4. The van der Waals surface area contributed by atoms with E-state index in [2.05, 4.69) is 22.6 Å². The van der Waals surface area contributed by atoms with Crippen LogP contribution in [0.1, 0.15) is 17.5 Å². The van der Waals surface area contributed by atoms with E-state index < -0.39 is 0 Å². The van der Waals surface area contributed by atoms with E-state index in [-0.39, 0.29) is 5.84 Å². The van der Waals surface area contributed by atoms with Crippen molar-refractivity contribution in [2.24, 2.45) is 10.9 Å². The number of nitrogens with zero attached hydrogens (tertiary/aromatic N) is 1. The van der Waals surface area contributed by atoms with Crippen molar-refractivity contribution in [3.63, 3.8) is 0 Å². The first-order chi connectivity index (χ1) is 8.26. The minimum absolute atomic E-state index is 0.241. The van der Waals surface area contributed by atoms with Gasteiger partial charge in [0, 0.05) is 26.6 Å². The standard InChI is InChI=1S/C12H19N3O2/c1-17-9-11-4-2-3-10(7-11)8-14-6-5-12(13)15-16/h2-4,7,14,16H,5-6,8-9H2,1H3,(H2,13,15). The summed E-state index contributed by atoms with van der Waals surface area (Å²) < 4.78 is 5.07. The highest BCUT2D eigenvalue weighted by molar-refractivity contribution is 5.79. The highest BCUT2D eigenvalue weighted by atomic mass is 16.5. The molecule has 0 radical (unpaired) electrons. The minimum Gasteiger partial charge on any atom is -0.409 e. The zero-order chi connectivity index (χ0) is 12.5. The van der Waals surface area contributed by atoms with E-state index in [0.717, 1.165) is 12.1 Å². The Hall–Kier alpha value is -1.59. The molecule has 94 valence electrons. The molecule has 1 rings (SSSR count). The molecule has 0 amide bonds. The van der Waals surface area contributed by atoms with Crippen LogP contribution in [0.4, 0.5) is 0 Å². The first-order valence-electron chi connectivity index (χ1n) is 5.50. The van der Waals surface area contributed by atoms with E-state index in [4.69, 9.17) is 15.7 Å². The molecule has 0 atom stereocenters. The molecule has 0 aromatic heterocycles. The fourth-order valence-corrected chi connectivity index (χ4v) is 1.50. The maximum absolute atomic E-state index is 8.37. The average molecular weight is 237 g/mol. The van der Waals surface area contributed by atoms with Crippen LogP contribution in [0.25, 0.3) is 0 Å². The van der Waals surface area contributed by atoms with E-state index in [1.165, 1.54) is 5.56 Å². The lowest BCUT2D eigenvalue weighted by Crippen LogP contribution is -2.22. The van der Waals surface area contributed by atoms with Crippen LogP contribution >= 0.6 is 0 Å². The number of rotatable bonds is 7. The van der Waals surface area contributed by atoms with Gasteiger partial charge in [0.15, 0.2) is 0 Å². The Morgan fingerprint density at radius 2 is 2.24 bits per heavy atom. The van der Waals surface area contributed by atoms with Crippen molar-refractivity contribution in [1.29, 1.82) is 0 Å². The summed E-state index contributed by atoms with van der Waals surface area (Å²) in [6.07, 6.45) is 0.536. The van der Waals surface area contributed by atoms with Gasteiger partial charge in [-0.25, -0.2) is 0 Å². The Bertz CT molecular complexity index is 367. The summed E-state index contributed by atoms with van der Waals surface area (Å²) >= 11 is 0. The number of hydrogen-bond donors (Lipinski definition) is 3. The Morgan fingerprint density at radius 3 is 2.94 bits per heavy atom. The average Bonchev–Trinajstić information content (AvgIpc) is 2.35. The Morgan fingerprint density at radius 1 is 1.47 bits per heavy atom. The summed E-state index contributed by atoms with van der Waals surface area (Å²) in [5.74, 6) is 0.241. The van der Waals surface area contributed by atoms with E-state index in [1.54, 1.807) is 7.11 Å². The molecule has 1 aromatic rings. The Balaban J connectivity index is 2.33. The number of nitrogens with one attached hydrogen (secondary N) is 1. The van der Waals surface area contributed by atoms with Crippen LogP contribution in [0.5, 0.6) is 0 Å². The highest BCUT2D eigenvalue weighted by Crippen LogP contribution is 2.06. The first-order valence-corrected chi connectivity index (χ1v) is 5.50. The van der Waals surface area contributed by atoms with Crippen molar-refractivity contribution >= 4 is 5.84 Å². The monoisotopic (exact) mass is 237 g/mol. The molecule has 0 unspecified atom stereocenters. The molecule has 0 bridgehead atoms. The maximum atomic E-state index is 8.37. The van der Waals surface area contributed by atoms with Crippen LogP contribution in [0.3, 0.4) is 0 Å². The molecule has 1 aromatic carbocycles. The van der Waals surface area contributed by atoms with Gasteiger partial charge in [0.2, 0.25) is 0 Å². The van der Waals surface area contributed by atoms with Crippen LogP contribution < -0.4 is 11.1 Å². The Kier molecular flexibility index (Phi) is 6.06. The van der Waals surface area contributed by atoms with Crippen molar-refractivity contribution in [1.82, 2.24) is 5.32 Å². The molecule has 0 aliphatic rings. The molecule has 0 saturated carbocycles. The first kappa shape index (κ1) is 13.5. The van der Waals surface area contributed by atoms with Gasteiger partial charge in [-0.3, -0.25) is 0 Å². The largest absolute Gasteiger partial charge is 0.409 e. The van der Waals surface area contributed by atoms with Crippen molar-refractivity contribution in [3.05, 3.63) is 35.4 Å². The van der Waals surface area contributed by atoms with Crippen LogP contribution in [0, 0.1) is 0 Å². The van der Waals surface area contributed by atoms with E-state index in [9.17, 15) is 0 Å². The summed E-state index contributed by atoms with van der Waals surface area (Å²) in [7, 11) is 1.68. The van der Waals surface area contributed by atoms with Gasteiger partial charge in [-0.05, 0) is 11.1 Å². The number of methoxy groups -OCH3 is 1. The van der Waals surface area contributed by atoms with E-state index >= 15 is 0 Å². The van der Waals surface area contributed by atoms with Gasteiger partial charge in [0.1, 0.15) is 5.84 Å². The summed E-state index contributed by atoms with van der Waals surface area (Å²) in [5, 5.41) is 14.5. The molecule has 17 heavy (non-hydrogen) atoms. The van der Waals surface area contributed by atoms with Gasteiger partial charge in [-0.2, -0.15) is 0 Å². The molecule has 0 fully saturated rings. The number of nitrogens with two attached hydrogens (primary N) is 1. The predicted molar refractivity (Wildman–Crippen MR) is 66.9 cm³/mol. The second kappa shape index (κ2) is 7.65. The summed E-state index contributed by atoms with van der Waals surface area (Å²) in [6.45, 7) is 2.07. The van der Waals surface area contributed by atoms with Crippen molar-refractivity contribution in [3.8, 4) is 0 Å². The van der Waals surface area contributed by atoms with Gasteiger partial charge in [0.25, 0.3) is 0 Å². The Labute approximate surface area is 101 Å². The third-order valence-electron chi connectivity index (χ3n) is 2.32. The van der Waals surface area contributed by atoms with Crippen LogP contribution in [-0.2, 0) is 17.9 Å². The quantitative estimate of drug-likeness (QED) is 0.218. The number of ether oxygens (including phenoxy) is 1. The molecular weight excluding hydrogens is 218 g/mol. The number of benzene rings is 1. The highest BCUT2D eigenvalue weighted by Gasteiger charge is 1.97. The van der Waals surface area contributed by atoms with Gasteiger partial charge in [-0.15, -0.1) is 0 Å². The third kappa shape index (κ3) is 5.33. The second-order valence-electron chi connectivity index (χ2n) is 3.77. The number of amidine groups is 1. The zero-order valence-electron chi connectivity index (χ0n) is 10.0. The molecule has 5 nitrogen and oxygen atoms in total. The normalized spacial score (nSPS) is 11.7. The SMILES string of the molecule is COCc1cccc(CNCCC(N)=NO)c1. The van der Waals surface area contributed by atoms with Crippen molar-refractivity contribution in [2.45, 2.75) is 19.6 Å². The minimum atomic E-state index is 0.241. The smallest absolute Gasteiger partial charge is 0.140 e. The third-order valence-corrected chi connectivity index (χ3v) is 2.32. The summed E-state index contributed by atoms with van der Waals surface area (Å²) in [4.78, 5) is 0. The van der Waals surface area contributed by atoms with Crippen molar-refractivity contribution < 1.29 is 9.94 Å². The second-order valence-corrected chi connectivity index (χ2v) is 3.77. The molecule has 0 aliphatic heterocycles. The molecule has 0 aliphatic carbocycles. The lowest BCUT2D eigenvalue weighted by Gasteiger charge is -2.06. The summed E-state index contributed by atoms with van der Waals surface area (Å²) in [6, 6.07) is 8.19. The maximum Gasteiger partial charge on any atom is 0.140 e. The molecule has 4 N–H and O–H groups in total. The molecule has 0 spiro atoms. The zero-order valence-corrected chi connectivity index (χ0v) is 10.0. The fraction of sp³-hybridized carbons (Fsp3) is 0.417. The van der Waals surface area contributed by atoms with Gasteiger partial charge >= 0.3 is 0 Å². The summed E-state index contributed by atoms with van der Waals surface area (Å²) in [5.41, 5.74) is 7.71. The molecule has 5 heteroatoms. The fourth-order valence-electron chi connectivity index (χ4n) is 1.50. The molecule has 0 saturated heterocycles. The topological polar surface area (TPSA) is 79.9 Å². The van der Waals surface area contributed by atoms with Gasteiger partial charge in [0.05, 0.1) is 6.61 Å². The van der Waals surface area contributed by atoms with Crippen LogP contribution in [0.15, 0.2) is 29.4 Å². The van der Waals surface area contributed by atoms with Crippen molar-refractivity contribution in [2.75, 3.05) is 13.7 Å². The molecular formula is C12H19N3O2. The van der Waals surface area contributed by atoms with Gasteiger partial charge < -0.3 is 21.0 Å². The molecule has 0 heterocycles. The lowest BCUT2D eigenvalue weighted by molar-refractivity contribution is 0.185.